The quantitative estimate of drug-likeness (QED) is 0.457. The Morgan fingerprint density at radius 1 is 1.41 bits per heavy atom. The number of carbonyl (C=O) groups is 2. The van der Waals surface area contributed by atoms with Crippen LogP contribution in [0.5, 0.6) is 0 Å². The molecule has 0 aliphatic carbocycles. The standard InChI is InChI=1S/C23H26FN5O4S/c1-3-32-21(30)18(11-25)23(14-26)6-8-28(9-7-23)20-5-4-16(10-19(20)24)29-13-17(33-22(29)31)12-27-15(2)34/h4-5,10,17-18H,3,6-9,12-13H2,1-2H3,(H,27,34)/t17-,18?/m0/s1. The number of piperidine rings is 1. The van der Waals surface area contributed by atoms with Crippen molar-refractivity contribution in [3.63, 3.8) is 0 Å². The summed E-state index contributed by atoms with van der Waals surface area (Å²) in [5.74, 6) is -2.42. The zero-order chi connectivity index (χ0) is 24.9. The first-order valence-corrected chi connectivity index (χ1v) is 11.4. The van der Waals surface area contributed by atoms with E-state index in [-0.39, 0.29) is 39.1 Å². The lowest BCUT2D eigenvalue weighted by Gasteiger charge is -2.39. The number of nitrogens with zero attached hydrogens (tertiary/aromatic N) is 4. The summed E-state index contributed by atoms with van der Waals surface area (Å²) in [6.07, 6.45) is -0.524. The van der Waals surface area contributed by atoms with Crippen molar-refractivity contribution in [3.05, 3.63) is 24.0 Å². The van der Waals surface area contributed by atoms with Crippen LogP contribution in [0.4, 0.5) is 20.6 Å². The van der Waals surface area contributed by atoms with E-state index in [0.717, 1.165) is 0 Å². The molecule has 2 atom stereocenters. The number of esters is 1. The average Bonchev–Trinajstić information content (AvgIpc) is 3.19. The average molecular weight is 488 g/mol. The van der Waals surface area contributed by atoms with Crippen molar-refractivity contribution in [2.24, 2.45) is 11.3 Å². The van der Waals surface area contributed by atoms with Gasteiger partial charge in [0.1, 0.15) is 11.9 Å². The third-order valence-electron chi connectivity index (χ3n) is 6.12. The number of hydrogen-bond donors (Lipinski definition) is 1. The second-order valence-corrected chi connectivity index (χ2v) is 8.87. The molecule has 2 saturated heterocycles. The molecule has 2 fully saturated rings. The molecule has 3 rings (SSSR count). The van der Waals surface area contributed by atoms with Gasteiger partial charge in [0, 0.05) is 13.1 Å². The van der Waals surface area contributed by atoms with E-state index in [9.17, 15) is 20.1 Å². The monoisotopic (exact) mass is 487 g/mol. The van der Waals surface area contributed by atoms with Crippen molar-refractivity contribution in [2.75, 3.05) is 42.6 Å². The Balaban J connectivity index is 1.69. The Kier molecular flexibility index (Phi) is 7.90. The van der Waals surface area contributed by atoms with Crippen molar-refractivity contribution in [1.82, 2.24) is 5.32 Å². The summed E-state index contributed by atoms with van der Waals surface area (Å²) in [7, 11) is 0. The van der Waals surface area contributed by atoms with E-state index in [1.54, 1.807) is 30.9 Å². The number of nitrogens with one attached hydrogen (secondary N) is 1. The first-order valence-electron chi connectivity index (χ1n) is 11.0. The summed E-state index contributed by atoms with van der Waals surface area (Å²) in [5, 5.41) is 22.2. The topological polar surface area (TPSA) is 119 Å². The van der Waals surface area contributed by atoms with Gasteiger partial charge in [-0.15, -0.1) is 0 Å². The molecule has 0 saturated carbocycles. The largest absolute Gasteiger partial charge is 0.465 e. The highest BCUT2D eigenvalue weighted by Gasteiger charge is 2.47. The van der Waals surface area contributed by atoms with E-state index >= 15 is 4.39 Å². The fourth-order valence-corrected chi connectivity index (χ4v) is 4.34. The number of ether oxygens (including phenoxy) is 2. The van der Waals surface area contributed by atoms with E-state index in [1.165, 1.54) is 11.0 Å². The molecule has 1 amide bonds. The van der Waals surface area contributed by atoms with Gasteiger partial charge >= 0.3 is 12.1 Å². The van der Waals surface area contributed by atoms with Gasteiger partial charge in [0.2, 0.25) is 0 Å². The first kappa shape index (κ1) is 25.2. The van der Waals surface area contributed by atoms with Gasteiger partial charge < -0.3 is 19.7 Å². The minimum Gasteiger partial charge on any atom is -0.465 e. The number of halogens is 1. The van der Waals surface area contributed by atoms with Crippen LogP contribution in [0.15, 0.2) is 18.2 Å². The van der Waals surface area contributed by atoms with E-state index in [1.807, 2.05) is 6.07 Å². The van der Waals surface area contributed by atoms with E-state index in [2.05, 4.69) is 11.4 Å². The molecule has 1 aromatic carbocycles. The molecular formula is C23H26FN5O4S. The summed E-state index contributed by atoms with van der Waals surface area (Å²) in [6, 6.07) is 8.58. The Morgan fingerprint density at radius 3 is 2.68 bits per heavy atom. The minimum absolute atomic E-state index is 0.121. The van der Waals surface area contributed by atoms with Crippen LogP contribution in [-0.4, -0.2) is 55.9 Å². The normalized spacial score (nSPS) is 20.0. The second-order valence-electron chi connectivity index (χ2n) is 8.26. The molecule has 180 valence electrons. The first-order chi connectivity index (χ1) is 16.2. The molecule has 0 spiro atoms. The van der Waals surface area contributed by atoms with Crippen LogP contribution in [0.25, 0.3) is 0 Å². The van der Waals surface area contributed by atoms with Crippen molar-refractivity contribution in [1.29, 1.82) is 10.5 Å². The van der Waals surface area contributed by atoms with Gasteiger partial charge in [-0.05, 0) is 44.9 Å². The number of carbonyl (C=O) groups excluding carboxylic acids is 2. The molecule has 1 aromatic rings. The van der Waals surface area contributed by atoms with Crippen LogP contribution >= 0.6 is 12.2 Å². The molecule has 0 bridgehead atoms. The molecule has 34 heavy (non-hydrogen) atoms. The maximum atomic E-state index is 15.1. The maximum absolute atomic E-state index is 15.1. The molecule has 2 aliphatic heterocycles. The van der Waals surface area contributed by atoms with Crippen LogP contribution in [0, 0.1) is 39.8 Å². The molecular weight excluding hydrogens is 461 g/mol. The lowest BCUT2D eigenvalue weighted by molar-refractivity contribution is -0.149. The van der Waals surface area contributed by atoms with E-state index in [4.69, 9.17) is 21.7 Å². The molecule has 1 unspecified atom stereocenters. The lowest BCUT2D eigenvalue weighted by Crippen LogP contribution is -2.46. The van der Waals surface area contributed by atoms with Gasteiger partial charge in [0.15, 0.2) is 5.92 Å². The summed E-state index contributed by atoms with van der Waals surface area (Å²) >= 11 is 4.97. The number of nitriles is 2. The Labute approximate surface area is 203 Å². The van der Waals surface area contributed by atoms with E-state index < -0.39 is 35.3 Å². The molecule has 9 nitrogen and oxygen atoms in total. The van der Waals surface area contributed by atoms with Gasteiger partial charge in [0.25, 0.3) is 0 Å². The number of anilines is 2. The van der Waals surface area contributed by atoms with Crippen LogP contribution in [0.2, 0.25) is 0 Å². The van der Waals surface area contributed by atoms with E-state index in [0.29, 0.717) is 22.9 Å². The fourth-order valence-electron chi connectivity index (χ4n) is 4.26. The van der Waals surface area contributed by atoms with Crippen molar-refractivity contribution >= 4 is 40.6 Å². The van der Waals surface area contributed by atoms with Crippen LogP contribution in [-0.2, 0) is 14.3 Å². The number of benzene rings is 1. The summed E-state index contributed by atoms with van der Waals surface area (Å²) < 4.78 is 25.3. The molecule has 0 radical (unpaired) electrons. The SMILES string of the molecule is CCOC(=O)C(C#N)C1(C#N)CCN(c2ccc(N3C[C@H](CNC(C)=S)OC3=O)cc2F)CC1. The fraction of sp³-hybridized carbons (Fsp3) is 0.522. The van der Waals surface area contributed by atoms with Gasteiger partial charge in [-0.1, -0.05) is 12.2 Å². The van der Waals surface area contributed by atoms with Crippen molar-refractivity contribution < 1.29 is 23.5 Å². The van der Waals surface area contributed by atoms with Gasteiger partial charge in [-0.25, -0.2) is 9.18 Å². The zero-order valence-corrected chi connectivity index (χ0v) is 19.9. The molecule has 2 aliphatic rings. The molecule has 11 heteroatoms. The molecule has 1 N–H and O–H groups in total. The zero-order valence-electron chi connectivity index (χ0n) is 19.0. The minimum atomic E-state index is -1.20. The number of hydrogen-bond acceptors (Lipinski definition) is 8. The highest BCUT2D eigenvalue weighted by molar-refractivity contribution is 7.80. The Bertz CT molecular complexity index is 1040. The number of thiocarbonyl (C=S) groups is 1. The highest BCUT2D eigenvalue weighted by Crippen LogP contribution is 2.41. The number of amides is 1. The highest BCUT2D eigenvalue weighted by atomic mass is 32.1. The van der Waals surface area contributed by atoms with Crippen LogP contribution in [0.1, 0.15) is 26.7 Å². The number of cyclic esters (lactones) is 1. The maximum Gasteiger partial charge on any atom is 0.414 e. The van der Waals surface area contributed by atoms with Gasteiger partial charge in [-0.3, -0.25) is 9.69 Å². The third kappa shape index (κ3) is 5.20. The molecule has 0 aromatic heterocycles. The van der Waals surface area contributed by atoms with Gasteiger partial charge in [-0.2, -0.15) is 10.5 Å². The predicted molar refractivity (Wildman–Crippen MR) is 126 cm³/mol. The van der Waals surface area contributed by atoms with Crippen molar-refractivity contribution in [3.8, 4) is 12.1 Å². The summed E-state index contributed by atoms with van der Waals surface area (Å²) in [5.41, 5.74) is -0.484. The Morgan fingerprint density at radius 2 is 2.12 bits per heavy atom. The molecule has 2 heterocycles. The summed E-state index contributed by atoms with van der Waals surface area (Å²) in [4.78, 5) is 28.2. The van der Waals surface area contributed by atoms with Crippen LogP contribution < -0.4 is 15.1 Å². The lowest BCUT2D eigenvalue weighted by atomic mass is 9.70. The van der Waals surface area contributed by atoms with Crippen LogP contribution in [0.3, 0.4) is 0 Å². The van der Waals surface area contributed by atoms with Gasteiger partial charge in [0.05, 0.1) is 53.6 Å². The smallest absolute Gasteiger partial charge is 0.414 e. The third-order valence-corrected chi connectivity index (χ3v) is 6.26. The predicted octanol–water partition coefficient (Wildman–Crippen LogP) is 2.90. The number of rotatable bonds is 7. The van der Waals surface area contributed by atoms with Crippen molar-refractivity contribution in [2.45, 2.75) is 32.8 Å². The Hall–Kier alpha value is -3.44. The summed E-state index contributed by atoms with van der Waals surface area (Å²) in [6.45, 7) is 4.72. The second kappa shape index (κ2) is 10.7.